The summed E-state index contributed by atoms with van der Waals surface area (Å²) in [6.07, 6.45) is 6.50. The summed E-state index contributed by atoms with van der Waals surface area (Å²) in [5.74, 6) is 1.74. The molecule has 1 heterocycles. The minimum Gasteiger partial charge on any atom is -0.399 e. The molecule has 4 nitrogen and oxygen atoms in total. The maximum atomic E-state index is 10.4. The Bertz CT molecular complexity index is 644. The number of nitrogens with two attached hydrogens (primary N) is 1. The number of aliphatic hydroxyl groups is 1. The van der Waals surface area contributed by atoms with Gasteiger partial charge in [-0.15, -0.1) is 0 Å². The Morgan fingerprint density at radius 1 is 1.15 bits per heavy atom. The molecule has 2 aliphatic rings. The Hall–Kier alpha value is -1.55. The number of nitrogen functional groups attached to an aromatic ring is 1. The Morgan fingerprint density at radius 2 is 1.95 bits per heavy atom. The first-order chi connectivity index (χ1) is 9.74. The number of nitrogens with zero attached hydrogens (tertiary/aromatic N) is 2. The molecule has 2 atom stereocenters. The van der Waals surface area contributed by atoms with Crippen LogP contribution in [0, 0.1) is 0 Å². The molecule has 0 saturated heterocycles. The lowest BCUT2D eigenvalue weighted by molar-refractivity contribution is 0.0759. The van der Waals surface area contributed by atoms with Gasteiger partial charge in [0.25, 0.3) is 0 Å². The number of aliphatic hydroxyl groups excluding tert-OH is 1. The predicted octanol–water partition coefficient (Wildman–Crippen LogP) is 2.97. The van der Waals surface area contributed by atoms with Crippen LogP contribution in [0.1, 0.15) is 56.3 Å². The topological polar surface area (TPSA) is 64.1 Å². The van der Waals surface area contributed by atoms with Crippen molar-refractivity contribution in [3.63, 3.8) is 0 Å². The molecule has 2 aromatic rings. The van der Waals surface area contributed by atoms with Crippen LogP contribution in [0.25, 0.3) is 11.0 Å². The SMILES string of the molecule is Nc1ccc2c(c1)nc(C1CC1)n2C1CCCCC1O. The lowest BCUT2D eigenvalue weighted by Crippen LogP contribution is -2.28. The second-order valence-corrected chi connectivity index (χ2v) is 6.28. The zero-order valence-corrected chi connectivity index (χ0v) is 11.6. The first-order valence-electron chi connectivity index (χ1n) is 7.69. The van der Waals surface area contributed by atoms with Crippen LogP contribution in [0.15, 0.2) is 18.2 Å². The maximum Gasteiger partial charge on any atom is 0.113 e. The van der Waals surface area contributed by atoms with E-state index in [9.17, 15) is 5.11 Å². The van der Waals surface area contributed by atoms with E-state index in [2.05, 4.69) is 10.6 Å². The highest BCUT2D eigenvalue weighted by Gasteiger charge is 2.34. The Morgan fingerprint density at radius 3 is 2.70 bits per heavy atom. The number of hydrogen-bond acceptors (Lipinski definition) is 3. The van der Waals surface area contributed by atoms with Crippen molar-refractivity contribution in [3.05, 3.63) is 24.0 Å². The van der Waals surface area contributed by atoms with Crippen LogP contribution in [0.2, 0.25) is 0 Å². The third-order valence-corrected chi connectivity index (χ3v) is 4.71. The quantitative estimate of drug-likeness (QED) is 0.825. The van der Waals surface area contributed by atoms with Crippen LogP contribution in [0.5, 0.6) is 0 Å². The highest BCUT2D eigenvalue weighted by molar-refractivity contribution is 5.80. The molecular weight excluding hydrogens is 250 g/mol. The van der Waals surface area contributed by atoms with Crippen molar-refractivity contribution < 1.29 is 5.11 Å². The fourth-order valence-corrected chi connectivity index (χ4v) is 3.51. The molecule has 1 aromatic heterocycles. The molecule has 20 heavy (non-hydrogen) atoms. The maximum absolute atomic E-state index is 10.4. The number of aromatic nitrogens is 2. The van der Waals surface area contributed by atoms with E-state index in [0.717, 1.165) is 41.8 Å². The van der Waals surface area contributed by atoms with Crippen LogP contribution in [-0.2, 0) is 0 Å². The summed E-state index contributed by atoms with van der Waals surface area (Å²) in [6.45, 7) is 0. The summed E-state index contributed by atoms with van der Waals surface area (Å²) in [7, 11) is 0. The molecule has 3 N–H and O–H groups in total. The van der Waals surface area contributed by atoms with E-state index in [-0.39, 0.29) is 12.1 Å². The molecule has 4 rings (SSSR count). The molecule has 0 radical (unpaired) electrons. The summed E-state index contributed by atoms with van der Waals surface area (Å²) in [5.41, 5.74) is 8.75. The fraction of sp³-hybridized carbons (Fsp3) is 0.562. The zero-order chi connectivity index (χ0) is 13.7. The number of anilines is 1. The second kappa shape index (κ2) is 4.48. The van der Waals surface area contributed by atoms with Gasteiger partial charge in [0.2, 0.25) is 0 Å². The summed E-state index contributed by atoms with van der Waals surface area (Å²) >= 11 is 0. The van der Waals surface area contributed by atoms with Crippen molar-refractivity contribution in [3.8, 4) is 0 Å². The minimum atomic E-state index is -0.240. The Kier molecular flexibility index (Phi) is 2.74. The van der Waals surface area contributed by atoms with Crippen molar-refractivity contribution in [1.29, 1.82) is 0 Å². The molecule has 0 amide bonds. The second-order valence-electron chi connectivity index (χ2n) is 6.28. The van der Waals surface area contributed by atoms with E-state index in [1.807, 2.05) is 12.1 Å². The highest BCUT2D eigenvalue weighted by atomic mass is 16.3. The van der Waals surface area contributed by atoms with E-state index < -0.39 is 0 Å². The van der Waals surface area contributed by atoms with E-state index in [1.165, 1.54) is 19.3 Å². The van der Waals surface area contributed by atoms with Gasteiger partial charge in [0.1, 0.15) is 5.82 Å². The average Bonchev–Trinajstić information content (AvgIpc) is 3.21. The van der Waals surface area contributed by atoms with Gasteiger partial charge in [-0.3, -0.25) is 0 Å². The smallest absolute Gasteiger partial charge is 0.113 e. The largest absolute Gasteiger partial charge is 0.399 e. The molecule has 0 spiro atoms. The van der Waals surface area contributed by atoms with Gasteiger partial charge >= 0.3 is 0 Å². The van der Waals surface area contributed by atoms with Gasteiger partial charge in [-0.2, -0.15) is 0 Å². The molecule has 106 valence electrons. The summed E-state index contributed by atoms with van der Waals surface area (Å²) in [4.78, 5) is 4.82. The third-order valence-electron chi connectivity index (χ3n) is 4.71. The molecular formula is C16H21N3O. The monoisotopic (exact) mass is 271 g/mol. The van der Waals surface area contributed by atoms with Gasteiger partial charge in [0.05, 0.1) is 23.2 Å². The lowest BCUT2D eigenvalue weighted by Gasteiger charge is -2.30. The minimum absolute atomic E-state index is 0.188. The molecule has 4 heteroatoms. The van der Waals surface area contributed by atoms with Crippen LogP contribution in [0.3, 0.4) is 0 Å². The summed E-state index contributed by atoms with van der Waals surface area (Å²) < 4.78 is 2.32. The highest BCUT2D eigenvalue weighted by Crippen LogP contribution is 2.44. The van der Waals surface area contributed by atoms with Crippen LogP contribution >= 0.6 is 0 Å². The van der Waals surface area contributed by atoms with Crippen molar-refractivity contribution >= 4 is 16.7 Å². The fourth-order valence-electron chi connectivity index (χ4n) is 3.51. The van der Waals surface area contributed by atoms with Gasteiger partial charge in [-0.05, 0) is 43.9 Å². The van der Waals surface area contributed by atoms with E-state index >= 15 is 0 Å². The van der Waals surface area contributed by atoms with Crippen LogP contribution in [0.4, 0.5) is 5.69 Å². The predicted molar refractivity (Wildman–Crippen MR) is 79.6 cm³/mol. The summed E-state index contributed by atoms with van der Waals surface area (Å²) in [5, 5.41) is 10.4. The van der Waals surface area contributed by atoms with Crippen molar-refractivity contribution in [2.75, 3.05) is 5.73 Å². The summed E-state index contributed by atoms with van der Waals surface area (Å²) in [6, 6.07) is 6.14. The van der Waals surface area contributed by atoms with Crippen molar-refractivity contribution in [2.45, 2.75) is 56.6 Å². The lowest BCUT2D eigenvalue weighted by atomic mass is 9.92. The number of fused-ring (bicyclic) bond motifs is 1. The van der Waals surface area contributed by atoms with Gasteiger partial charge < -0.3 is 15.4 Å². The number of benzene rings is 1. The van der Waals surface area contributed by atoms with Gasteiger partial charge in [-0.1, -0.05) is 12.8 Å². The molecule has 2 fully saturated rings. The molecule has 0 bridgehead atoms. The molecule has 2 aliphatic carbocycles. The van der Waals surface area contributed by atoms with Gasteiger partial charge in [0.15, 0.2) is 0 Å². The van der Waals surface area contributed by atoms with E-state index in [1.54, 1.807) is 0 Å². The third kappa shape index (κ3) is 1.90. The van der Waals surface area contributed by atoms with Crippen molar-refractivity contribution in [2.24, 2.45) is 0 Å². The van der Waals surface area contributed by atoms with Crippen LogP contribution < -0.4 is 5.73 Å². The molecule has 2 unspecified atom stereocenters. The Labute approximate surface area is 118 Å². The van der Waals surface area contributed by atoms with Gasteiger partial charge in [-0.25, -0.2) is 4.98 Å². The van der Waals surface area contributed by atoms with Gasteiger partial charge in [0, 0.05) is 11.6 Å². The van der Waals surface area contributed by atoms with Crippen molar-refractivity contribution in [1.82, 2.24) is 9.55 Å². The Balaban J connectivity index is 1.88. The zero-order valence-electron chi connectivity index (χ0n) is 11.6. The number of imidazole rings is 1. The van der Waals surface area contributed by atoms with E-state index in [0.29, 0.717) is 5.92 Å². The molecule has 2 saturated carbocycles. The molecule has 1 aromatic carbocycles. The normalized spacial score (nSPS) is 27.1. The standard InChI is InChI=1S/C16H21N3O/c17-11-7-8-13-12(9-11)18-16(10-5-6-10)19(13)14-3-1-2-4-15(14)20/h7-10,14-15,20H,1-6,17H2. The number of hydrogen-bond donors (Lipinski definition) is 2. The molecule has 0 aliphatic heterocycles. The van der Waals surface area contributed by atoms with E-state index in [4.69, 9.17) is 10.7 Å². The van der Waals surface area contributed by atoms with Crippen LogP contribution in [-0.4, -0.2) is 20.8 Å². The number of rotatable bonds is 2. The first-order valence-corrected chi connectivity index (χ1v) is 7.69. The average molecular weight is 271 g/mol. The first kappa shape index (κ1) is 12.2.